The molecule has 0 radical (unpaired) electrons. The fraction of sp³-hybridized carbons (Fsp3) is 0.538. The molecule has 0 saturated carbocycles. The molecule has 1 heterocycles. The van der Waals surface area contributed by atoms with Crippen LogP contribution < -0.4 is 10.1 Å². The number of benzene rings is 1. The molecule has 1 aromatic carbocycles. The molecule has 94 valence electrons. The monoisotopic (exact) mass is 273 g/mol. The molecule has 1 N–H and O–H groups in total. The van der Waals surface area contributed by atoms with Gasteiger partial charge in [-0.25, -0.2) is 0 Å². The molecule has 0 atom stereocenters. The molecule has 0 bridgehead atoms. The first-order valence-corrected chi connectivity index (χ1v) is 6.79. The van der Waals surface area contributed by atoms with Crippen LogP contribution in [0.1, 0.15) is 19.3 Å². The Kier molecular flexibility index (Phi) is 4.96. The number of rotatable bonds is 4. The Balaban J connectivity index is 1.77. The van der Waals surface area contributed by atoms with E-state index in [-0.39, 0.29) is 0 Å². The zero-order valence-electron chi connectivity index (χ0n) is 9.72. The van der Waals surface area contributed by atoms with Gasteiger partial charge in [0.25, 0.3) is 0 Å². The molecular formula is C13H17Cl2NO. The Morgan fingerprint density at radius 1 is 1.12 bits per heavy atom. The predicted molar refractivity (Wildman–Crippen MR) is 72.2 cm³/mol. The predicted octanol–water partition coefficient (Wildman–Crippen LogP) is 3.76. The molecule has 1 saturated heterocycles. The topological polar surface area (TPSA) is 21.3 Å². The summed E-state index contributed by atoms with van der Waals surface area (Å²) in [5.74, 6) is 1.54. The van der Waals surface area contributed by atoms with E-state index in [4.69, 9.17) is 27.9 Å². The van der Waals surface area contributed by atoms with Crippen molar-refractivity contribution < 1.29 is 4.74 Å². The molecule has 4 heteroatoms. The van der Waals surface area contributed by atoms with Crippen LogP contribution in [0.3, 0.4) is 0 Å². The first kappa shape index (κ1) is 13.0. The standard InChI is InChI=1S/C13H17Cl2NO/c14-11-7-12(15)9-13(8-11)17-6-3-10-1-4-16-5-2-10/h7-10,16H,1-6H2. The highest BCUT2D eigenvalue weighted by atomic mass is 35.5. The average molecular weight is 274 g/mol. The maximum Gasteiger partial charge on any atom is 0.122 e. The lowest BCUT2D eigenvalue weighted by molar-refractivity contribution is 0.252. The van der Waals surface area contributed by atoms with Crippen molar-refractivity contribution in [2.75, 3.05) is 19.7 Å². The molecule has 0 amide bonds. The highest BCUT2D eigenvalue weighted by Gasteiger charge is 2.12. The molecule has 1 fully saturated rings. The van der Waals surface area contributed by atoms with Crippen LogP contribution in [0, 0.1) is 5.92 Å². The third-order valence-corrected chi connectivity index (χ3v) is 3.53. The van der Waals surface area contributed by atoms with Crippen molar-refractivity contribution in [1.82, 2.24) is 5.32 Å². The minimum Gasteiger partial charge on any atom is -0.493 e. The normalized spacial score (nSPS) is 17.1. The number of hydrogen-bond donors (Lipinski definition) is 1. The van der Waals surface area contributed by atoms with Crippen LogP contribution in [0.15, 0.2) is 18.2 Å². The van der Waals surface area contributed by atoms with Crippen molar-refractivity contribution in [2.45, 2.75) is 19.3 Å². The van der Waals surface area contributed by atoms with E-state index in [0.717, 1.165) is 37.8 Å². The van der Waals surface area contributed by atoms with Gasteiger partial charge in [-0.15, -0.1) is 0 Å². The van der Waals surface area contributed by atoms with Crippen LogP contribution in [-0.4, -0.2) is 19.7 Å². The fourth-order valence-electron chi connectivity index (χ4n) is 2.13. The van der Waals surface area contributed by atoms with E-state index in [0.29, 0.717) is 10.0 Å². The summed E-state index contributed by atoms with van der Waals surface area (Å²) >= 11 is 11.8. The molecule has 1 aromatic rings. The lowest BCUT2D eigenvalue weighted by Gasteiger charge is -2.22. The highest BCUT2D eigenvalue weighted by Crippen LogP contribution is 2.25. The Morgan fingerprint density at radius 2 is 1.76 bits per heavy atom. The molecule has 2 rings (SSSR count). The summed E-state index contributed by atoms with van der Waals surface area (Å²) in [4.78, 5) is 0. The molecule has 1 aliphatic heterocycles. The van der Waals surface area contributed by atoms with E-state index in [2.05, 4.69) is 5.32 Å². The first-order chi connectivity index (χ1) is 8.24. The number of halogens is 2. The summed E-state index contributed by atoms with van der Waals surface area (Å²) in [6.07, 6.45) is 3.60. The van der Waals surface area contributed by atoms with Gasteiger partial charge in [0.15, 0.2) is 0 Å². The Hall–Kier alpha value is -0.440. The SMILES string of the molecule is Clc1cc(Cl)cc(OCCC2CCNCC2)c1. The van der Waals surface area contributed by atoms with Crippen LogP contribution in [0.25, 0.3) is 0 Å². The van der Waals surface area contributed by atoms with E-state index >= 15 is 0 Å². The number of piperidine rings is 1. The summed E-state index contributed by atoms with van der Waals surface area (Å²) in [5.41, 5.74) is 0. The van der Waals surface area contributed by atoms with E-state index in [1.807, 2.05) is 0 Å². The first-order valence-electron chi connectivity index (χ1n) is 6.03. The smallest absolute Gasteiger partial charge is 0.122 e. The number of hydrogen-bond acceptors (Lipinski definition) is 2. The van der Waals surface area contributed by atoms with Crippen molar-refractivity contribution in [3.05, 3.63) is 28.2 Å². The highest BCUT2D eigenvalue weighted by molar-refractivity contribution is 6.34. The molecule has 0 spiro atoms. The van der Waals surface area contributed by atoms with E-state index < -0.39 is 0 Å². The summed E-state index contributed by atoms with van der Waals surface area (Å²) in [6, 6.07) is 5.31. The van der Waals surface area contributed by atoms with Crippen molar-refractivity contribution in [2.24, 2.45) is 5.92 Å². The second-order valence-corrected chi connectivity index (χ2v) is 5.31. The van der Waals surface area contributed by atoms with Crippen LogP contribution in [0.4, 0.5) is 0 Å². The van der Waals surface area contributed by atoms with Crippen molar-refractivity contribution in [3.63, 3.8) is 0 Å². The Labute approximate surface area is 112 Å². The van der Waals surface area contributed by atoms with Gasteiger partial charge in [0, 0.05) is 10.0 Å². The maximum absolute atomic E-state index is 5.91. The third-order valence-electron chi connectivity index (χ3n) is 3.09. The number of nitrogens with one attached hydrogen (secondary N) is 1. The fourth-order valence-corrected chi connectivity index (χ4v) is 2.63. The Bertz CT molecular complexity index is 344. The Morgan fingerprint density at radius 3 is 2.41 bits per heavy atom. The van der Waals surface area contributed by atoms with Gasteiger partial charge in [-0.2, -0.15) is 0 Å². The van der Waals surface area contributed by atoms with Crippen LogP contribution in [0.5, 0.6) is 5.75 Å². The third kappa shape index (κ3) is 4.38. The van der Waals surface area contributed by atoms with Crippen LogP contribution in [-0.2, 0) is 0 Å². The second kappa shape index (κ2) is 6.48. The lowest BCUT2D eigenvalue weighted by Crippen LogP contribution is -2.28. The van der Waals surface area contributed by atoms with Gasteiger partial charge in [0.05, 0.1) is 6.61 Å². The molecule has 2 nitrogen and oxygen atoms in total. The van der Waals surface area contributed by atoms with E-state index in [1.54, 1.807) is 18.2 Å². The van der Waals surface area contributed by atoms with E-state index in [9.17, 15) is 0 Å². The van der Waals surface area contributed by atoms with Gasteiger partial charge >= 0.3 is 0 Å². The van der Waals surface area contributed by atoms with Gasteiger partial charge in [-0.1, -0.05) is 23.2 Å². The molecule has 1 aliphatic rings. The molecule has 0 unspecified atom stereocenters. The van der Waals surface area contributed by atoms with Crippen LogP contribution in [0.2, 0.25) is 10.0 Å². The van der Waals surface area contributed by atoms with Gasteiger partial charge in [0.1, 0.15) is 5.75 Å². The van der Waals surface area contributed by atoms with Crippen molar-refractivity contribution >= 4 is 23.2 Å². The zero-order valence-corrected chi connectivity index (χ0v) is 11.2. The average Bonchev–Trinajstić information content (AvgIpc) is 2.29. The lowest BCUT2D eigenvalue weighted by atomic mass is 9.95. The molecular weight excluding hydrogens is 257 g/mol. The quantitative estimate of drug-likeness (QED) is 0.902. The minimum absolute atomic E-state index is 0.620. The molecule has 0 aliphatic carbocycles. The van der Waals surface area contributed by atoms with E-state index in [1.165, 1.54) is 12.8 Å². The van der Waals surface area contributed by atoms with Crippen LogP contribution >= 0.6 is 23.2 Å². The maximum atomic E-state index is 5.91. The zero-order chi connectivity index (χ0) is 12.1. The summed E-state index contributed by atoms with van der Waals surface area (Å²) < 4.78 is 5.68. The minimum atomic E-state index is 0.620. The second-order valence-electron chi connectivity index (χ2n) is 4.44. The molecule has 0 aromatic heterocycles. The summed E-state index contributed by atoms with van der Waals surface area (Å²) in [5, 5.41) is 4.60. The molecule has 17 heavy (non-hydrogen) atoms. The van der Waals surface area contributed by atoms with Gasteiger partial charge in [-0.05, 0) is 56.5 Å². The largest absolute Gasteiger partial charge is 0.493 e. The summed E-state index contributed by atoms with van der Waals surface area (Å²) in [7, 11) is 0. The van der Waals surface area contributed by atoms with Gasteiger partial charge in [-0.3, -0.25) is 0 Å². The van der Waals surface area contributed by atoms with Crippen molar-refractivity contribution in [1.29, 1.82) is 0 Å². The van der Waals surface area contributed by atoms with Crippen molar-refractivity contribution in [3.8, 4) is 5.75 Å². The van der Waals surface area contributed by atoms with Gasteiger partial charge in [0.2, 0.25) is 0 Å². The summed E-state index contributed by atoms with van der Waals surface area (Å²) in [6.45, 7) is 3.00. The van der Waals surface area contributed by atoms with Gasteiger partial charge < -0.3 is 10.1 Å². The number of ether oxygens (including phenoxy) is 1.